The summed E-state index contributed by atoms with van der Waals surface area (Å²) in [5.74, 6) is 1.76. The SMILES string of the molecule is CC(=O)NCCc1ccc(F)cc1OCCO[C@H]1CNCC[C@@H]1c1ccc(OCCCOc2ccccc2Cl)cc1. The molecular weight excluding hydrogens is 547 g/mol. The molecule has 0 saturated carbocycles. The van der Waals surface area contributed by atoms with Gasteiger partial charge in [0, 0.05) is 38.4 Å². The second kappa shape index (κ2) is 16.2. The molecule has 1 fully saturated rings. The number of hydrogen-bond acceptors (Lipinski definition) is 6. The van der Waals surface area contributed by atoms with E-state index < -0.39 is 0 Å². The summed E-state index contributed by atoms with van der Waals surface area (Å²) in [4.78, 5) is 11.2. The number of halogens is 2. The number of para-hydroxylation sites is 1. The average molecular weight is 585 g/mol. The molecule has 0 unspecified atom stereocenters. The van der Waals surface area contributed by atoms with Crippen molar-refractivity contribution in [1.82, 2.24) is 10.6 Å². The fourth-order valence-corrected chi connectivity index (χ4v) is 4.97. The first-order chi connectivity index (χ1) is 20.0. The van der Waals surface area contributed by atoms with Crippen molar-refractivity contribution in [2.24, 2.45) is 0 Å². The summed E-state index contributed by atoms with van der Waals surface area (Å²) in [6.45, 7) is 5.35. The van der Waals surface area contributed by atoms with Gasteiger partial charge in [-0.1, -0.05) is 41.9 Å². The van der Waals surface area contributed by atoms with Crippen molar-refractivity contribution in [2.45, 2.75) is 38.2 Å². The van der Waals surface area contributed by atoms with Crippen LogP contribution in [0.15, 0.2) is 66.7 Å². The minimum absolute atomic E-state index is 0.00664. The van der Waals surface area contributed by atoms with Crippen LogP contribution in [0.25, 0.3) is 0 Å². The van der Waals surface area contributed by atoms with Crippen molar-refractivity contribution in [3.05, 3.63) is 88.7 Å². The standard InChI is InChI=1S/C32H38ClFN2O5/c1-23(37)36-16-13-25-7-10-26(34)21-31(25)40-19-20-41-32-22-35-15-14-28(32)24-8-11-27(12-9-24)38-17-4-18-39-30-6-3-2-5-29(30)33/h2-3,5-12,21,28,32,35H,4,13-20,22H2,1H3,(H,36,37)/t28-,32+/m1/s1. The number of hydrogen-bond donors (Lipinski definition) is 2. The summed E-state index contributed by atoms with van der Waals surface area (Å²) < 4.78 is 37.6. The highest BCUT2D eigenvalue weighted by Crippen LogP contribution is 2.29. The molecule has 2 N–H and O–H groups in total. The first-order valence-electron chi connectivity index (χ1n) is 14.1. The molecule has 4 rings (SSSR count). The third-order valence-electron chi connectivity index (χ3n) is 6.86. The smallest absolute Gasteiger partial charge is 0.216 e. The number of amides is 1. The topological polar surface area (TPSA) is 78.1 Å². The van der Waals surface area contributed by atoms with Crippen molar-refractivity contribution in [1.29, 1.82) is 0 Å². The largest absolute Gasteiger partial charge is 0.493 e. The van der Waals surface area contributed by atoms with Crippen LogP contribution in [0.5, 0.6) is 17.2 Å². The van der Waals surface area contributed by atoms with E-state index in [1.807, 2.05) is 36.4 Å². The number of benzene rings is 3. The number of rotatable bonds is 15. The zero-order valence-corrected chi connectivity index (χ0v) is 24.1. The van der Waals surface area contributed by atoms with Gasteiger partial charge in [-0.3, -0.25) is 4.79 Å². The predicted octanol–water partition coefficient (Wildman–Crippen LogP) is 5.55. The van der Waals surface area contributed by atoms with Crippen molar-refractivity contribution >= 4 is 17.5 Å². The van der Waals surface area contributed by atoms with E-state index in [0.717, 1.165) is 37.2 Å². The monoisotopic (exact) mass is 584 g/mol. The first kappa shape index (κ1) is 30.6. The third kappa shape index (κ3) is 9.92. The fraction of sp³-hybridized carbons (Fsp3) is 0.406. The maximum Gasteiger partial charge on any atom is 0.216 e. The Kier molecular flexibility index (Phi) is 12.1. The van der Waals surface area contributed by atoms with Gasteiger partial charge in [-0.2, -0.15) is 0 Å². The van der Waals surface area contributed by atoms with Gasteiger partial charge < -0.3 is 29.6 Å². The average Bonchev–Trinajstić information content (AvgIpc) is 2.97. The molecule has 9 heteroatoms. The maximum atomic E-state index is 13.8. The van der Waals surface area contributed by atoms with Gasteiger partial charge in [0.15, 0.2) is 0 Å². The van der Waals surface area contributed by atoms with E-state index in [1.54, 1.807) is 6.07 Å². The molecule has 0 bridgehead atoms. The molecule has 1 aliphatic heterocycles. The van der Waals surface area contributed by atoms with E-state index in [1.165, 1.54) is 24.6 Å². The van der Waals surface area contributed by atoms with Crippen molar-refractivity contribution in [3.63, 3.8) is 0 Å². The molecule has 1 heterocycles. The highest BCUT2D eigenvalue weighted by atomic mass is 35.5. The van der Waals surface area contributed by atoms with Crippen LogP contribution in [0.2, 0.25) is 5.02 Å². The number of ether oxygens (including phenoxy) is 4. The summed E-state index contributed by atoms with van der Waals surface area (Å²) in [5, 5.41) is 6.77. The summed E-state index contributed by atoms with van der Waals surface area (Å²) in [6.07, 6.45) is 2.25. The van der Waals surface area contributed by atoms with E-state index in [0.29, 0.717) is 55.9 Å². The Bertz CT molecular complexity index is 1240. The Balaban J connectivity index is 1.21. The Morgan fingerprint density at radius 1 is 0.976 bits per heavy atom. The molecule has 41 heavy (non-hydrogen) atoms. The number of piperidine rings is 1. The highest BCUT2D eigenvalue weighted by molar-refractivity contribution is 6.32. The zero-order valence-electron chi connectivity index (χ0n) is 23.4. The van der Waals surface area contributed by atoms with Gasteiger partial charge in [-0.05, 0) is 60.8 Å². The molecule has 3 aromatic rings. The van der Waals surface area contributed by atoms with Crippen LogP contribution in [-0.4, -0.2) is 58.1 Å². The lowest BCUT2D eigenvalue weighted by Gasteiger charge is -2.32. The molecule has 1 aliphatic rings. The molecule has 1 amide bonds. The molecule has 7 nitrogen and oxygen atoms in total. The molecule has 3 aromatic carbocycles. The normalized spacial score (nSPS) is 16.7. The van der Waals surface area contributed by atoms with E-state index in [2.05, 4.69) is 22.8 Å². The molecule has 0 aliphatic carbocycles. The molecule has 0 spiro atoms. The van der Waals surface area contributed by atoms with Crippen LogP contribution in [-0.2, 0) is 16.0 Å². The van der Waals surface area contributed by atoms with Gasteiger partial charge >= 0.3 is 0 Å². The van der Waals surface area contributed by atoms with Crippen LogP contribution in [0, 0.1) is 5.82 Å². The summed E-state index contributed by atoms with van der Waals surface area (Å²) in [6, 6.07) is 20.1. The zero-order chi connectivity index (χ0) is 28.9. The van der Waals surface area contributed by atoms with Gasteiger partial charge in [0.05, 0.1) is 30.9 Å². The van der Waals surface area contributed by atoms with Gasteiger partial charge in [0.1, 0.15) is 29.7 Å². The van der Waals surface area contributed by atoms with Gasteiger partial charge in [-0.15, -0.1) is 0 Å². The predicted molar refractivity (Wildman–Crippen MR) is 158 cm³/mol. The second-order valence-electron chi connectivity index (χ2n) is 9.89. The minimum Gasteiger partial charge on any atom is -0.493 e. The minimum atomic E-state index is -0.362. The Labute approximate surface area is 246 Å². The molecule has 0 radical (unpaired) electrons. The van der Waals surface area contributed by atoms with Gasteiger partial charge in [0.2, 0.25) is 5.91 Å². The van der Waals surface area contributed by atoms with Crippen LogP contribution < -0.4 is 24.8 Å². The molecule has 1 saturated heterocycles. The lowest BCUT2D eigenvalue weighted by Crippen LogP contribution is -2.41. The number of nitrogens with one attached hydrogen (secondary N) is 2. The van der Waals surface area contributed by atoms with Crippen molar-refractivity contribution < 1.29 is 28.1 Å². The second-order valence-corrected chi connectivity index (χ2v) is 10.3. The Morgan fingerprint density at radius 3 is 2.56 bits per heavy atom. The fourth-order valence-electron chi connectivity index (χ4n) is 4.78. The Hall–Kier alpha value is -3.33. The van der Waals surface area contributed by atoms with Crippen molar-refractivity contribution in [2.75, 3.05) is 46.1 Å². The van der Waals surface area contributed by atoms with Gasteiger partial charge in [-0.25, -0.2) is 4.39 Å². The quantitative estimate of drug-likeness (QED) is 0.228. The first-order valence-corrected chi connectivity index (χ1v) is 14.5. The van der Waals surface area contributed by atoms with Crippen LogP contribution in [0.3, 0.4) is 0 Å². The number of carbonyl (C=O) groups excluding carboxylic acids is 1. The molecule has 0 aromatic heterocycles. The van der Waals surface area contributed by atoms with E-state index in [4.69, 9.17) is 30.5 Å². The van der Waals surface area contributed by atoms with Crippen LogP contribution >= 0.6 is 11.6 Å². The third-order valence-corrected chi connectivity index (χ3v) is 7.17. The van der Waals surface area contributed by atoms with Crippen molar-refractivity contribution in [3.8, 4) is 17.2 Å². The highest BCUT2D eigenvalue weighted by Gasteiger charge is 2.27. The van der Waals surface area contributed by atoms with Gasteiger partial charge in [0.25, 0.3) is 0 Å². The van der Waals surface area contributed by atoms with E-state index >= 15 is 0 Å². The molecular formula is C32H38ClFN2O5. The lowest BCUT2D eigenvalue weighted by atomic mass is 9.88. The lowest BCUT2D eigenvalue weighted by molar-refractivity contribution is -0.118. The summed E-state index contributed by atoms with van der Waals surface area (Å²) in [7, 11) is 0. The van der Waals surface area contributed by atoms with Crippen LogP contribution in [0.1, 0.15) is 36.8 Å². The molecule has 220 valence electrons. The Morgan fingerprint density at radius 2 is 1.76 bits per heavy atom. The van der Waals surface area contributed by atoms with Crippen LogP contribution in [0.4, 0.5) is 4.39 Å². The number of carbonyl (C=O) groups is 1. The molecule has 2 atom stereocenters. The summed E-state index contributed by atoms with van der Waals surface area (Å²) in [5.41, 5.74) is 2.05. The van der Waals surface area contributed by atoms with E-state index in [9.17, 15) is 9.18 Å². The summed E-state index contributed by atoms with van der Waals surface area (Å²) >= 11 is 6.12. The van der Waals surface area contributed by atoms with E-state index in [-0.39, 0.29) is 23.7 Å². The maximum absolute atomic E-state index is 13.8.